The van der Waals surface area contributed by atoms with Gasteiger partial charge in [-0.2, -0.15) is 0 Å². The lowest BCUT2D eigenvalue weighted by molar-refractivity contribution is -0.135. The molecular weight excluding hydrogens is 320 g/mol. The van der Waals surface area contributed by atoms with Gasteiger partial charge in [-0.25, -0.2) is 0 Å². The Morgan fingerprint density at radius 1 is 1.25 bits per heavy atom. The first kappa shape index (κ1) is 15.0. The van der Waals surface area contributed by atoms with Gasteiger partial charge in [-0.3, -0.25) is 9.59 Å². The topological polar surface area (TPSA) is 49.4 Å². The van der Waals surface area contributed by atoms with Gasteiger partial charge < -0.3 is 10.2 Å². The number of hydrogen-bond acceptors (Lipinski definition) is 2. The van der Waals surface area contributed by atoms with E-state index < -0.39 is 0 Å². The first-order valence-corrected chi connectivity index (χ1v) is 7.68. The molecule has 0 atom stereocenters. The van der Waals surface area contributed by atoms with Gasteiger partial charge in [0.1, 0.15) is 6.54 Å². The van der Waals surface area contributed by atoms with Crippen molar-refractivity contribution < 1.29 is 9.59 Å². The molecule has 1 aliphatic carbocycles. The molecule has 1 saturated carbocycles. The second kappa shape index (κ2) is 6.88. The minimum atomic E-state index is -0.144. The molecule has 0 bridgehead atoms. The van der Waals surface area contributed by atoms with Gasteiger partial charge in [0.15, 0.2) is 0 Å². The summed E-state index contributed by atoms with van der Waals surface area (Å²) in [6.45, 7) is 1.67. The molecule has 1 aliphatic rings. The number of benzene rings is 1. The van der Waals surface area contributed by atoms with E-state index in [1.54, 1.807) is 4.90 Å². The summed E-state index contributed by atoms with van der Waals surface area (Å²) in [6.07, 6.45) is 4.29. The van der Waals surface area contributed by atoms with Crippen LogP contribution in [0.1, 0.15) is 32.6 Å². The van der Waals surface area contributed by atoms with Crippen LogP contribution in [0.2, 0.25) is 0 Å². The van der Waals surface area contributed by atoms with E-state index >= 15 is 0 Å². The lowest BCUT2D eigenvalue weighted by Gasteiger charge is -2.27. The number of nitrogens with zero attached hydrogens (tertiary/aromatic N) is 1. The minimum Gasteiger partial charge on any atom is -0.331 e. The van der Waals surface area contributed by atoms with Crippen molar-refractivity contribution in [2.45, 2.75) is 38.6 Å². The lowest BCUT2D eigenvalue weighted by atomic mass is 10.2. The third-order valence-corrected chi connectivity index (χ3v) is 4.14. The summed E-state index contributed by atoms with van der Waals surface area (Å²) >= 11 is 3.35. The largest absolute Gasteiger partial charge is 0.331 e. The van der Waals surface area contributed by atoms with E-state index in [1.807, 2.05) is 24.3 Å². The predicted octanol–water partition coefficient (Wildman–Crippen LogP) is 3.18. The van der Waals surface area contributed by atoms with Crippen molar-refractivity contribution in [1.82, 2.24) is 4.90 Å². The van der Waals surface area contributed by atoms with Crippen LogP contribution in [0, 0.1) is 0 Å². The van der Waals surface area contributed by atoms with Gasteiger partial charge in [0, 0.05) is 23.1 Å². The number of hydrogen-bond donors (Lipinski definition) is 1. The molecule has 0 aliphatic heterocycles. The van der Waals surface area contributed by atoms with Gasteiger partial charge >= 0.3 is 0 Å². The number of anilines is 1. The molecule has 1 N–H and O–H groups in total. The minimum absolute atomic E-state index is 0.0251. The Bertz CT molecular complexity index is 481. The molecule has 5 heteroatoms. The molecule has 0 saturated heterocycles. The van der Waals surface area contributed by atoms with E-state index in [0.717, 1.165) is 35.8 Å². The number of amides is 2. The van der Waals surface area contributed by atoms with Gasteiger partial charge in [-0.05, 0) is 37.1 Å². The van der Waals surface area contributed by atoms with Gasteiger partial charge in [0.05, 0.1) is 0 Å². The summed E-state index contributed by atoms with van der Waals surface area (Å²) in [7, 11) is 0. The Morgan fingerprint density at radius 3 is 2.40 bits per heavy atom. The normalized spacial score (nSPS) is 15.1. The van der Waals surface area contributed by atoms with Crippen LogP contribution in [-0.2, 0) is 9.59 Å². The molecule has 0 aromatic heterocycles. The molecule has 2 amide bonds. The fourth-order valence-electron chi connectivity index (χ4n) is 2.60. The zero-order valence-corrected chi connectivity index (χ0v) is 13.1. The van der Waals surface area contributed by atoms with Crippen LogP contribution in [0.15, 0.2) is 28.7 Å². The number of nitrogens with one attached hydrogen (secondary N) is 1. The zero-order valence-electron chi connectivity index (χ0n) is 11.6. The summed E-state index contributed by atoms with van der Waals surface area (Å²) in [4.78, 5) is 25.5. The summed E-state index contributed by atoms with van der Waals surface area (Å²) in [5.41, 5.74) is 0.744. The Morgan fingerprint density at radius 2 is 1.85 bits per heavy atom. The standard InChI is InChI=1S/C15H19BrN2O2/c1-11(19)18(14-4-2-3-5-14)10-15(20)17-13-8-6-12(16)7-9-13/h6-9,14H,2-5,10H2,1H3,(H,17,20). The quantitative estimate of drug-likeness (QED) is 0.916. The third-order valence-electron chi connectivity index (χ3n) is 3.61. The fourth-order valence-corrected chi connectivity index (χ4v) is 2.87. The Hall–Kier alpha value is -1.36. The molecular formula is C15H19BrN2O2. The van der Waals surface area contributed by atoms with E-state index in [0.29, 0.717) is 0 Å². The van der Waals surface area contributed by atoms with E-state index in [4.69, 9.17) is 0 Å². The SMILES string of the molecule is CC(=O)N(CC(=O)Nc1ccc(Br)cc1)C1CCCC1. The molecule has 1 aromatic rings. The van der Waals surface area contributed by atoms with E-state index in [2.05, 4.69) is 21.2 Å². The van der Waals surface area contributed by atoms with Crippen LogP contribution in [0.25, 0.3) is 0 Å². The average Bonchev–Trinajstić information content (AvgIpc) is 2.92. The van der Waals surface area contributed by atoms with Crippen LogP contribution in [-0.4, -0.2) is 29.3 Å². The molecule has 4 nitrogen and oxygen atoms in total. The van der Waals surface area contributed by atoms with Crippen LogP contribution < -0.4 is 5.32 Å². The predicted molar refractivity (Wildman–Crippen MR) is 82.4 cm³/mol. The summed E-state index contributed by atoms with van der Waals surface area (Å²) in [6, 6.07) is 7.62. The lowest BCUT2D eigenvalue weighted by Crippen LogP contribution is -2.42. The molecule has 0 spiro atoms. The molecule has 1 aromatic carbocycles. The number of carbonyl (C=O) groups is 2. The first-order valence-electron chi connectivity index (χ1n) is 6.89. The molecule has 2 rings (SSSR count). The van der Waals surface area contributed by atoms with Gasteiger partial charge in [0.25, 0.3) is 0 Å². The van der Waals surface area contributed by atoms with Crippen LogP contribution in [0.3, 0.4) is 0 Å². The maximum atomic E-state index is 12.1. The number of rotatable bonds is 4. The van der Waals surface area contributed by atoms with Gasteiger partial charge in [-0.1, -0.05) is 28.8 Å². The molecule has 0 radical (unpaired) electrons. The average molecular weight is 339 g/mol. The fraction of sp³-hybridized carbons (Fsp3) is 0.467. The highest BCUT2D eigenvalue weighted by Gasteiger charge is 2.26. The van der Waals surface area contributed by atoms with Crippen LogP contribution >= 0.6 is 15.9 Å². The van der Waals surface area contributed by atoms with Crippen molar-refractivity contribution in [3.63, 3.8) is 0 Å². The molecule has 0 unspecified atom stereocenters. The second-order valence-corrected chi connectivity index (χ2v) is 6.06. The monoisotopic (exact) mass is 338 g/mol. The number of carbonyl (C=O) groups excluding carboxylic acids is 2. The van der Waals surface area contributed by atoms with Crippen molar-refractivity contribution in [3.05, 3.63) is 28.7 Å². The molecule has 20 heavy (non-hydrogen) atoms. The maximum Gasteiger partial charge on any atom is 0.244 e. The van der Waals surface area contributed by atoms with Crippen molar-refractivity contribution in [3.8, 4) is 0 Å². The van der Waals surface area contributed by atoms with E-state index in [-0.39, 0.29) is 24.4 Å². The zero-order chi connectivity index (χ0) is 14.5. The van der Waals surface area contributed by atoms with Crippen molar-refractivity contribution in [2.75, 3.05) is 11.9 Å². The van der Waals surface area contributed by atoms with Gasteiger partial charge in [-0.15, -0.1) is 0 Å². The molecule has 108 valence electrons. The Balaban J connectivity index is 1.94. The first-order chi connectivity index (χ1) is 9.56. The van der Waals surface area contributed by atoms with E-state index in [9.17, 15) is 9.59 Å². The smallest absolute Gasteiger partial charge is 0.244 e. The summed E-state index contributed by atoms with van der Waals surface area (Å²) < 4.78 is 0.965. The van der Waals surface area contributed by atoms with Crippen molar-refractivity contribution in [1.29, 1.82) is 0 Å². The molecule has 0 heterocycles. The maximum absolute atomic E-state index is 12.1. The Labute approximate surface area is 127 Å². The van der Waals surface area contributed by atoms with Crippen molar-refractivity contribution >= 4 is 33.4 Å². The van der Waals surface area contributed by atoms with Crippen LogP contribution in [0.5, 0.6) is 0 Å². The molecule has 1 fully saturated rings. The highest BCUT2D eigenvalue weighted by molar-refractivity contribution is 9.10. The Kier molecular flexibility index (Phi) is 5.17. The van der Waals surface area contributed by atoms with Gasteiger partial charge in [0.2, 0.25) is 11.8 Å². The highest BCUT2D eigenvalue weighted by atomic mass is 79.9. The summed E-state index contributed by atoms with van der Waals surface area (Å²) in [5.74, 6) is -0.169. The number of halogens is 1. The van der Waals surface area contributed by atoms with Crippen molar-refractivity contribution in [2.24, 2.45) is 0 Å². The highest BCUT2D eigenvalue weighted by Crippen LogP contribution is 2.23. The van der Waals surface area contributed by atoms with E-state index in [1.165, 1.54) is 6.92 Å². The summed E-state index contributed by atoms with van der Waals surface area (Å²) in [5, 5.41) is 2.82. The second-order valence-electron chi connectivity index (χ2n) is 5.14. The van der Waals surface area contributed by atoms with Crippen LogP contribution in [0.4, 0.5) is 5.69 Å². The third kappa shape index (κ3) is 4.07.